The topological polar surface area (TPSA) is 137 Å². The fourth-order valence-electron chi connectivity index (χ4n) is 2.33. The van der Waals surface area contributed by atoms with Gasteiger partial charge >= 0.3 is 0 Å². The summed E-state index contributed by atoms with van der Waals surface area (Å²) in [6.07, 6.45) is 2.67. The molecule has 1 N–H and O–H groups in total. The van der Waals surface area contributed by atoms with Gasteiger partial charge in [-0.05, 0) is 24.6 Å². The van der Waals surface area contributed by atoms with Crippen LogP contribution in [-0.2, 0) is 16.9 Å². The highest BCUT2D eigenvalue weighted by atomic mass is 32.2. The van der Waals surface area contributed by atoms with Gasteiger partial charge < -0.3 is 0 Å². The van der Waals surface area contributed by atoms with Crippen molar-refractivity contribution in [1.82, 2.24) is 14.8 Å². The Labute approximate surface area is 157 Å². The lowest BCUT2D eigenvalue weighted by molar-refractivity contribution is -0.384. The Hall–Kier alpha value is -3.12. The van der Waals surface area contributed by atoms with Crippen molar-refractivity contribution in [2.45, 2.75) is 16.0 Å². The fourth-order valence-corrected chi connectivity index (χ4v) is 4.76. The number of nitrogens with zero attached hydrogens (tertiary/aromatic N) is 4. The molecule has 0 radical (unpaired) electrons. The van der Waals surface area contributed by atoms with E-state index in [0.717, 1.165) is 41.8 Å². The van der Waals surface area contributed by atoms with Crippen LogP contribution >= 0.6 is 11.3 Å². The Morgan fingerprint density at radius 1 is 1.26 bits per heavy atom. The summed E-state index contributed by atoms with van der Waals surface area (Å²) in [6, 6.07) is 4.54. The summed E-state index contributed by atoms with van der Waals surface area (Å²) in [7, 11) is -2.28. The molecule has 3 rings (SSSR count). The molecule has 0 aliphatic rings. The van der Waals surface area contributed by atoms with Crippen LogP contribution in [0.15, 0.2) is 45.8 Å². The lowest BCUT2D eigenvalue weighted by Gasteiger charge is -2.03. The second kappa shape index (κ2) is 6.89. The van der Waals surface area contributed by atoms with Crippen molar-refractivity contribution in [2.24, 2.45) is 7.05 Å². The molecule has 0 aliphatic heterocycles. The van der Waals surface area contributed by atoms with Crippen molar-refractivity contribution in [2.75, 3.05) is 5.32 Å². The lowest BCUT2D eigenvalue weighted by atomic mass is 10.2. The third-order valence-corrected chi connectivity index (χ3v) is 6.81. The number of aromatic nitrogens is 3. The summed E-state index contributed by atoms with van der Waals surface area (Å²) in [5.41, 5.74) is 0.799. The fraction of sp³-hybridized carbons (Fsp3) is 0.133. The first kappa shape index (κ1) is 18.7. The minimum absolute atomic E-state index is 0.0895. The Bertz CT molecular complexity index is 1110. The second-order valence-corrected chi connectivity index (χ2v) is 8.70. The zero-order chi connectivity index (χ0) is 19.8. The molecule has 0 saturated carbocycles. The van der Waals surface area contributed by atoms with Crippen molar-refractivity contribution >= 4 is 37.9 Å². The van der Waals surface area contributed by atoms with E-state index in [2.05, 4.69) is 15.4 Å². The summed E-state index contributed by atoms with van der Waals surface area (Å²) in [4.78, 5) is 26.2. The molecule has 10 nitrogen and oxygen atoms in total. The van der Waals surface area contributed by atoms with Crippen LogP contribution in [0.25, 0.3) is 0 Å². The Morgan fingerprint density at radius 2 is 1.93 bits per heavy atom. The normalized spacial score (nSPS) is 11.3. The minimum atomic E-state index is -3.90. The molecule has 0 saturated heterocycles. The maximum Gasteiger partial charge on any atom is 0.275 e. The number of sulfone groups is 1. The largest absolute Gasteiger partial charge is 0.296 e. The summed E-state index contributed by atoms with van der Waals surface area (Å²) in [5.74, 6) is -0.457. The van der Waals surface area contributed by atoms with Crippen LogP contribution < -0.4 is 5.32 Å². The molecule has 0 fully saturated rings. The van der Waals surface area contributed by atoms with Crippen molar-refractivity contribution in [1.29, 1.82) is 0 Å². The molecule has 140 valence electrons. The lowest BCUT2D eigenvalue weighted by Crippen LogP contribution is -2.17. The number of aryl methyl sites for hydroxylation is 2. The highest BCUT2D eigenvalue weighted by Gasteiger charge is 2.23. The third kappa shape index (κ3) is 3.57. The number of benzene rings is 1. The molecule has 27 heavy (non-hydrogen) atoms. The number of carbonyl (C=O) groups excluding carboxylic acids is 1. The first-order valence-corrected chi connectivity index (χ1v) is 9.75. The number of nitrogens with one attached hydrogen (secondary N) is 1. The number of nitro benzene ring substituents is 1. The van der Waals surface area contributed by atoms with Gasteiger partial charge in [0.25, 0.3) is 11.6 Å². The number of non-ortho nitro benzene ring substituents is 1. The van der Waals surface area contributed by atoms with Crippen LogP contribution in [0.1, 0.15) is 16.1 Å². The molecule has 2 heterocycles. The van der Waals surface area contributed by atoms with E-state index in [1.54, 1.807) is 20.2 Å². The molecule has 1 amide bonds. The first-order chi connectivity index (χ1) is 12.7. The molecular formula is C15H13N5O5S2. The zero-order valence-electron chi connectivity index (χ0n) is 14.1. The maximum atomic E-state index is 12.6. The minimum Gasteiger partial charge on any atom is -0.296 e. The predicted octanol–water partition coefficient (Wildman–Crippen LogP) is 2.18. The van der Waals surface area contributed by atoms with Gasteiger partial charge in [0.15, 0.2) is 5.13 Å². The third-order valence-electron chi connectivity index (χ3n) is 3.66. The Kier molecular flexibility index (Phi) is 4.76. The second-order valence-electron chi connectivity index (χ2n) is 5.49. The van der Waals surface area contributed by atoms with Crippen molar-refractivity contribution in [3.63, 3.8) is 0 Å². The number of nitro groups is 1. The average Bonchev–Trinajstić information content (AvgIpc) is 3.22. The van der Waals surface area contributed by atoms with Gasteiger partial charge in [0.05, 0.1) is 22.2 Å². The molecule has 0 bridgehead atoms. The van der Waals surface area contributed by atoms with Crippen LogP contribution in [0.3, 0.4) is 0 Å². The highest BCUT2D eigenvalue weighted by molar-refractivity contribution is 7.93. The molecule has 0 aliphatic carbocycles. The summed E-state index contributed by atoms with van der Waals surface area (Å²) in [5, 5.41) is 17.3. The van der Waals surface area contributed by atoms with E-state index < -0.39 is 20.7 Å². The number of amides is 1. The van der Waals surface area contributed by atoms with E-state index in [1.165, 1.54) is 4.68 Å². The van der Waals surface area contributed by atoms with E-state index >= 15 is 0 Å². The summed E-state index contributed by atoms with van der Waals surface area (Å²) >= 11 is 0.788. The highest BCUT2D eigenvalue weighted by Crippen LogP contribution is 2.29. The standard InChI is InChI=1S/C15H13N5O5S2/c1-9-7-17-19(2)13(9)14(21)18-15-16-8-12(26-15)27(24,25)11-5-3-10(4-6-11)20(22)23/h3-8H,1-2H3,(H,16,18,21). The summed E-state index contributed by atoms with van der Waals surface area (Å²) in [6.45, 7) is 1.73. The van der Waals surface area contributed by atoms with Gasteiger partial charge in [0, 0.05) is 19.2 Å². The zero-order valence-corrected chi connectivity index (χ0v) is 15.7. The SMILES string of the molecule is Cc1cnn(C)c1C(=O)Nc1ncc(S(=O)(=O)c2ccc([N+](=O)[O-])cc2)s1. The van der Waals surface area contributed by atoms with E-state index in [1.807, 2.05) is 0 Å². The van der Waals surface area contributed by atoms with E-state index in [4.69, 9.17) is 0 Å². The van der Waals surface area contributed by atoms with Crippen molar-refractivity contribution < 1.29 is 18.1 Å². The van der Waals surface area contributed by atoms with Crippen LogP contribution in [-0.4, -0.2) is 34.0 Å². The number of hydrogen-bond acceptors (Lipinski definition) is 8. The molecule has 3 aromatic rings. The quantitative estimate of drug-likeness (QED) is 0.505. The monoisotopic (exact) mass is 407 g/mol. The van der Waals surface area contributed by atoms with Crippen LogP contribution in [0, 0.1) is 17.0 Å². The maximum absolute atomic E-state index is 12.6. The number of thiazole rings is 1. The van der Waals surface area contributed by atoms with Gasteiger partial charge in [0.2, 0.25) is 9.84 Å². The molecule has 12 heteroatoms. The van der Waals surface area contributed by atoms with E-state index in [0.29, 0.717) is 11.3 Å². The molecular weight excluding hydrogens is 394 g/mol. The van der Waals surface area contributed by atoms with Crippen LogP contribution in [0.2, 0.25) is 0 Å². The smallest absolute Gasteiger partial charge is 0.275 e. The van der Waals surface area contributed by atoms with Gasteiger partial charge in [-0.1, -0.05) is 11.3 Å². The van der Waals surface area contributed by atoms with Gasteiger partial charge in [0.1, 0.15) is 9.90 Å². The Balaban J connectivity index is 1.84. The molecule has 1 aromatic carbocycles. The van der Waals surface area contributed by atoms with Crippen LogP contribution in [0.5, 0.6) is 0 Å². The molecule has 0 atom stereocenters. The van der Waals surface area contributed by atoms with Gasteiger partial charge in [-0.3, -0.25) is 24.9 Å². The van der Waals surface area contributed by atoms with Crippen LogP contribution in [0.4, 0.5) is 10.8 Å². The predicted molar refractivity (Wildman–Crippen MR) is 96.6 cm³/mol. The first-order valence-electron chi connectivity index (χ1n) is 7.45. The summed E-state index contributed by atoms with van der Waals surface area (Å²) < 4.78 is 26.6. The number of carbonyl (C=O) groups is 1. The molecule has 2 aromatic heterocycles. The van der Waals surface area contributed by atoms with E-state index in [9.17, 15) is 23.3 Å². The van der Waals surface area contributed by atoms with Gasteiger partial charge in [-0.2, -0.15) is 5.10 Å². The number of hydrogen-bond donors (Lipinski definition) is 1. The van der Waals surface area contributed by atoms with Gasteiger partial charge in [-0.15, -0.1) is 0 Å². The Morgan fingerprint density at radius 3 is 2.48 bits per heavy atom. The number of anilines is 1. The molecule has 0 spiro atoms. The van der Waals surface area contributed by atoms with Gasteiger partial charge in [-0.25, -0.2) is 13.4 Å². The number of rotatable bonds is 5. The average molecular weight is 407 g/mol. The van der Waals surface area contributed by atoms with E-state index in [-0.39, 0.29) is 19.9 Å². The molecule has 0 unspecified atom stereocenters. The van der Waals surface area contributed by atoms with Crippen molar-refractivity contribution in [3.8, 4) is 0 Å². The van der Waals surface area contributed by atoms with Crippen molar-refractivity contribution in [3.05, 3.63) is 58.0 Å².